The number of benzene rings is 4. The Balaban J connectivity index is 1.44. The molecule has 0 N–H and O–H groups in total. The van der Waals surface area contributed by atoms with Gasteiger partial charge >= 0.3 is 247 Å². The van der Waals surface area contributed by atoms with E-state index in [0.29, 0.717) is 0 Å². The van der Waals surface area contributed by atoms with Crippen molar-refractivity contribution in [3.8, 4) is 0 Å². The van der Waals surface area contributed by atoms with E-state index in [4.69, 9.17) is 3.37 Å². The molecule has 2 heterocycles. The molecule has 40 heavy (non-hydrogen) atoms. The maximum absolute atomic E-state index is 11.7. The average Bonchev–Trinajstić information content (AvgIpc) is 2.98. The Kier molecular flexibility index (Phi) is 7.97. The van der Waals surface area contributed by atoms with Gasteiger partial charge in [-0.2, -0.15) is 0 Å². The summed E-state index contributed by atoms with van der Waals surface area (Å²) in [4.78, 5) is 0. The monoisotopic (exact) mass is 678 g/mol. The summed E-state index contributed by atoms with van der Waals surface area (Å²) >= 11 is -2.42. The zero-order chi connectivity index (χ0) is 27.5. The third-order valence-corrected chi connectivity index (χ3v) is 14.0. The van der Waals surface area contributed by atoms with E-state index in [1.165, 1.54) is 20.1 Å². The number of fused-ring (bicyclic) bond motifs is 2. The molecule has 0 amide bonds. The Hall–Kier alpha value is -3.12. The van der Waals surface area contributed by atoms with Gasteiger partial charge in [-0.05, 0) is 0 Å². The number of rotatable bonds is 6. The van der Waals surface area contributed by atoms with Gasteiger partial charge in [0.25, 0.3) is 0 Å². The molecule has 198 valence electrons. The third kappa shape index (κ3) is 5.97. The molecule has 2 aliphatic rings. The van der Waals surface area contributed by atoms with Crippen molar-refractivity contribution in [2.45, 2.75) is 0 Å². The predicted molar refractivity (Wildman–Crippen MR) is 155 cm³/mol. The van der Waals surface area contributed by atoms with Crippen LogP contribution in [0.25, 0.3) is 15.6 Å². The molecule has 4 nitrogen and oxygen atoms in total. The molecule has 7 heteroatoms. The second kappa shape index (κ2) is 11.8. The van der Waals surface area contributed by atoms with Gasteiger partial charge in [0, 0.05) is 0 Å². The first-order valence-electron chi connectivity index (χ1n) is 12.5. The van der Waals surface area contributed by atoms with Crippen LogP contribution in [0.5, 0.6) is 0 Å². The summed E-state index contributed by atoms with van der Waals surface area (Å²) in [6, 6.07) is 36.1. The summed E-state index contributed by atoms with van der Waals surface area (Å²) in [5.41, 5.74) is 6.25. The fourth-order valence-electron chi connectivity index (χ4n) is 4.63. The van der Waals surface area contributed by atoms with Gasteiger partial charge in [0.2, 0.25) is 0 Å². The fraction of sp³-hybridized carbons (Fsp3) is 0. The van der Waals surface area contributed by atoms with Crippen molar-refractivity contribution < 1.29 is 27.6 Å². The zero-order valence-electron chi connectivity index (χ0n) is 21.1. The van der Waals surface area contributed by atoms with Gasteiger partial charge in [-0.1, -0.05) is 0 Å². The van der Waals surface area contributed by atoms with Gasteiger partial charge in [0.1, 0.15) is 0 Å². The summed E-state index contributed by atoms with van der Waals surface area (Å²) in [5, 5.41) is 0. The van der Waals surface area contributed by atoms with Crippen LogP contribution in [0.1, 0.15) is 22.3 Å². The standard InChI is InChI=1S/C33H23ClO4Se2/c35-34(36,37)38-40-32-21-10-8-19-29(32)27(23-33(40)25-14-5-2-6-15-25)17-11-16-26-22-31(24-12-3-1-4-13-24)39-30-20-9-7-18-28(26)30/h1-23H/b17-11+,26-16+. The first kappa shape index (κ1) is 27.1. The van der Waals surface area contributed by atoms with E-state index in [1.54, 1.807) is 0 Å². The van der Waals surface area contributed by atoms with Crippen LogP contribution in [-0.2, 0) is 3.37 Å². The van der Waals surface area contributed by atoms with Crippen molar-refractivity contribution >= 4 is 57.7 Å². The molecule has 0 radical (unpaired) electrons. The van der Waals surface area contributed by atoms with E-state index >= 15 is 0 Å². The summed E-state index contributed by atoms with van der Waals surface area (Å²) in [6.45, 7) is 0. The second-order valence-corrected chi connectivity index (χ2v) is 15.9. The van der Waals surface area contributed by atoms with Gasteiger partial charge < -0.3 is 0 Å². The fourth-order valence-corrected chi connectivity index (χ4v) is 12.1. The Labute approximate surface area is 245 Å². The van der Waals surface area contributed by atoms with Crippen molar-refractivity contribution in [2.24, 2.45) is 0 Å². The molecule has 0 spiro atoms. The Bertz CT molecular complexity index is 1720. The molecule has 6 rings (SSSR count). The summed E-state index contributed by atoms with van der Waals surface area (Å²) in [6.07, 6.45) is 10.4. The zero-order valence-corrected chi connectivity index (χ0v) is 25.3. The minimum atomic E-state index is -4.58. The SMILES string of the molecule is [O-][Cl+3]([O-])([O-])O[Se]1=C(c2ccccc2)C=C(/C=C/C=C2\C=C(c3ccccc3)[Se]c3ccccc32)c2ccccc21. The Morgan fingerprint density at radius 1 is 0.675 bits per heavy atom. The molecular weight excluding hydrogens is 654 g/mol. The molecule has 0 saturated carbocycles. The van der Waals surface area contributed by atoms with E-state index < -0.39 is 24.0 Å². The molecule has 1 unspecified atom stereocenters. The molecule has 1 atom stereocenters. The Morgan fingerprint density at radius 2 is 1.30 bits per heavy atom. The van der Waals surface area contributed by atoms with E-state index in [-0.39, 0.29) is 15.0 Å². The van der Waals surface area contributed by atoms with Crippen LogP contribution in [0.15, 0.2) is 140 Å². The van der Waals surface area contributed by atoms with E-state index in [1.807, 2.05) is 78.9 Å². The van der Waals surface area contributed by atoms with Crippen LogP contribution in [0.4, 0.5) is 0 Å². The summed E-state index contributed by atoms with van der Waals surface area (Å²) in [7, 11) is -4.58. The van der Waals surface area contributed by atoms with E-state index in [9.17, 15) is 14.0 Å². The van der Waals surface area contributed by atoms with Crippen molar-refractivity contribution in [3.05, 3.63) is 162 Å². The summed E-state index contributed by atoms with van der Waals surface area (Å²) in [5.74, 6) is 0. The number of allylic oxidation sites excluding steroid dienone is 7. The molecule has 0 aliphatic carbocycles. The molecular formula is C33H23ClO4Se2. The van der Waals surface area contributed by atoms with Crippen LogP contribution >= 0.6 is 0 Å². The van der Waals surface area contributed by atoms with Crippen LogP contribution in [-0.4, -0.2) is 33.2 Å². The van der Waals surface area contributed by atoms with Gasteiger partial charge in [-0.3, -0.25) is 0 Å². The Morgan fingerprint density at radius 3 is 2.02 bits per heavy atom. The summed E-state index contributed by atoms with van der Waals surface area (Å²) < 4.78 is 44.5. The van der Waals surface area contributed by atoms with Crippen molar-refractivity contribution in [1.82, 2.24) is 0 Å². The molecule has 4 aromatic carbocycles. The second-order valence-electron chi connectivity index (χ2n) is 8.99. The number of hydrogen-bond acceptors (Lipinski definition) is 4. The molecule has 0 aromatic heterocycles. The van der Waals surface area contributed by atoms with Gasteiger partial charge in [0.15, 0.2) is 0 Å². The number of halogens is 1. The first-order chi connectivity index (χ1) is 19.5. The number of hydrogen-bond donors (Lipinski definition) is 0. The van der Waals surface area contributed by atoms with Crippen LogP contribution in [0, 0.1) is 10.2 Å². The van der Waals surface area contributed by atoms with E-state index in [2.05, 4.69) is 60.7 Å². The third-order valence-electron chi connectivity index (χ3n) is 6.40. The van der Waals surface area contributed by atoms with Crippen LogP contribution in [0.3, 0.4) is 0 Å². The molecule has 2 aliphatic heterocycles. The van der Waals surface area contributed by atoms with Gasteiger partial charge in [-0.25, -0.2) is 0 Å². The van der Waals surface area contributed by atoms with Gasteiger partial charge in [-0.15, -0.1) is 0 Å². The van der Waals surface area contributed by atoms with Crippen LogP contribution in [0.2, 0.25) is 0 Å². The van der Waals surface area contributed by atoms with Crippen molar-refractivity contribution in [1.29, 1.82) is 0 Å². The molecule has 0 fully saturated rings. The predicted octanol–water partition coefficient (Wildman–Crippen LogP) is 2.02. The maximum atomic E-state index is 11.7. The first-order valence-corrected chi connectivity index (χ1v) is 17.8. The van der Waals surface area contributed by atoms with Crippen molar-refractivity contribution in [3.63, 3.8) is 0 Å². The minimum absolute atomic E-state index is 0.212. The normalized spacial score (nSPS) is 17.8. The van der Waals surface area contributed by atoms with Crippen LogP contribution < -0.4 is 22.9 Å². The van der Waals surface area contributed by atoms with Gasteiger partial charge in [0.05, 0.1) is 0 Å². The molecule has 4 aromatic rings. The average molecular weight is 677 g/mol. The molecule has 0 saturated heterocycles. The van der Waals surface area contributed by atoms with Crippen molar-refractivity contribution in [2.75, 3.05) is 0 Å². The topological polar surface area (TPSA) is 78.4 Å². The molecule has 0 bridgehead atoms. The quantitative estimate of drug-likeness (QED) is 0.293. The van der Waals surface area contributed by atoms with E-state index in [0.717, 1.165) is 31.2 Å².